The number of nitrogens with zero attached hydrogens (tertiary/aromatic N) is 1. The van der Waals surface area contributed by atoms with Gasteiger partial charge in [-0.15, -0.1) is 0 Å². The molecule has 0 fully saturated rings. The van der Waals surface area contributed by atoms with Crippen molar-refractivity contribution in [3.8, 4) is 0 Å². The smallest absolute Gasteiger partial charge is 0.253 e. The zero-order valence-electron chi connectivity index (χ0n) is 9.65. The van der Waals surface area contributed by atoms with Crippen molar-refractivity contribution in [1.82, 2.24) is 5.32 Å². The Morgan fingerprint density at radius 1 is 1.56 bits per heavy atom. The van der Waals surface area contributed by atoms with Crippen molar-refractivity contribution in [2.24, 2.45) is 10.9 Å². The number of oxime groups is 1. The molecular weight excluding hydrogens is 277 g/mol. The molecule has 1 aromatic rings. The van der Waals surface area contributed by atoms with Crippen LogP contribution in [0.3, 0.4) is 0 Å². The summed E-state index contributed by atoms with van der Waals surface area (Å²) in [7, 11) is 0. The van der Waals surface area contributed by atoms with E-state index in [2.05, 4.69) is 10.5 Å². The Hall–Kier alpha value is -1.46. The van der Waals surface area contributed by atoms with Gasteiger partial charge in [0.15, 0.2) is 0 Å². The standard InChI is InChI=1S/C11H13Cl2N3O2/c1-6(4-10(14)16-18)15-11(17)8-5-7(12)2-3-9(8)13/h2-3,5-6,18H,4H2,1H3,(H2,14,16)(H,15,17). The molecule has 5 nitrogen and oxygen atoms in total. The summed E-state index contributed by atoms with van der Waals surface area (Å²) in [5.41, 5.74) is 5.63. The molecular formula is C11H13Cl2N3O2. The first kappa shape index (κ1) is 14.6. The predicted molar refractivity (Wildman–Crippen MR) is 71.4 cm³/mol. The molecule has 1 rings (SSSR count). The van der Waals surface area contributed by atoms with E-state index in [1.165, 1.54) is 6.07 Å². The number of hydrogen-bond donors (Lipinski definition) is 3. The maximum absolute atomic E-state index is 11.9. The molecule has 1 atom stereocenters. The molecule has 0 aliphatic rings. The van der Waals surface area contributed by atoms with E-state index in [9.17, 15) is 4.79 Å². The monoisotopic (exact) mass is 289 g/mol. The Morgan fingerprint density at radius 3 is 2.83 bits per heavy atom. The Labute approximate surface area is 115 Å². The predicted octanol–water partition coefficient (Wildman–Crippen LogP) is 2.25. The molecule has 0 bridgehead atoms. The van der Waals surface area contributed by atoms with Gasteiger partial charge in [0.05, 0.1) is 10.6 Å². The first-order chi connectivity index (χ1) is 8.43. The van der Waals surface area contributed by atoms with E-state index in [-0.39, 0.29) is 29.8 Å². The SMILES string of the molecule is CC(CC(N)=NO)NC(=O)c1cc(Cl)ccc1Cl. The number of rotatable bonds is 4. The van der Waals surface area contributed by atoms with Crippen LogP contribution in [0.15, 0.2) is 23.4 Å². The molecule has 0 aromatic heterocycles. The Balaban J connectivity index is 2.73. The van der Waals surface area contributed by atoms with E-state index in [1.54, 1.807) is 19.1 Å². The topological polar surface area (TPSA) is 87.7 Å². The Kier molecular flexibility index (Phi) is 5.25. The lowest BCUT2D eigenvalue weighted by molar-refractivity contribution is 0.0941. The molecule has 0 radical (unpaired) electrons. The van der Waals surface area contributed by atoms with Gasteiger partial charge in [-0.3, -0.25) is 4.79 Å². The fourth-order valence-electron chi connectivity index (χ4n) is 1.38. The van der Waals surface area contributed by atoms with Gasteiger partial charge in [0.2, 0.25) is 0 Å². The highest BCUT2D eigenvalue weighted by Crippen LogP contribution is 2.20. The highest BCUT2D eigenvalue weighted by Gasteiger charge is 2.14. The van der Waals surface area contributed by atoms with Crippen molar-refractivity contribution in [3.63, 3.8) is 0 Å². The van der Waals surface area contributed by atoms with E-state index in [0.717, 1.165) is 0 Å². The lowest BCUT2D eigenvalue weighted by atomic mass is 10.1. The largest absolute Gasteiger partial charge is 0.409 e. The fraction of sp³-hybridized carbons (Fsp3) is 0.273. The van der Waals surface area contributed by atoms with Crippen LogP contribution in [0.4, 0.5) is 0 Å². The molecule has 0 aliphatic carbocycles. The lowest BCUT2D eigenvalue weighted by Crippen LogP contribution is -2.35. The summed E-state index contributed by atoms with van der Waals surface area (Å²) in [6.45, 7) is 1.73. The average molecular weight is 290 g/mol. The number of nitrogens with one attached hydrogen (secondary N) is 1. The maximum atomic E-state index is 11.9. The van der Waals surface area contributed by atoms with Crippen molar-refractivity contribution < 1.29 is 10.0 Å². The molecule has 0 heterocycles. The molecule has 4 N–H and O–H groups in total. The summed E-state index contributed by atoms with van der Waals surface area (Å²) < 4.78 is 0. The second kappa shape index (κ2) is 6.47. The van der Waals surface area contributed by atoms with Crippen LogP contribution in [0.2, 0.25) is 10.0 Å². The summed E-state index contributed by atoms with van der Waals surface area (Å²) in [5, 5.41) is 14.7. The van der Waals surface area contributed by atoms with Crippen LogP contribution in [0, 0.1) is 0 Å². The van der Waals surface area contributed by atoms with Gasteiger partial charge in [0, 0.05) is 17.5 Å². The summed E-state index contributed by atoms with van der Waals surface area (Å²) in [4.78, 5) is 11.9. The molecule has 0 spiro atoms. The number of amidine groups is 1. The fourth-order valence-corrected chi connectivity index (χ4v) is 1.75. The molecule has 0 saturated heterocycles. The molecule has 1 aromatic carbocycles. The molecule has 98 valence electrons. The van der Waals surface area contributed by atoms with Crippen molar-refractivity contribution in [2.45, 2.75) is 19.4 Å². The first-order valence-corrected chi connectivity index (χ1v) is 5.92. The number of hydrogen-bond acceptors (Lipinski definition) is 3. The third kappa shape index (κ3) is 4.09. The van der Waals surface area contributed by atoms with Gasteiger partial charge < -0.3 is 16.3 Å². The van der Waals surface area contributed by atoms with Crippen LogP contribution in [0.1, 0.15) is 23.7 Å². The normalized spacial score (nSPS) is 13.2. The van der Waals surface area contributed by atoms with Crippen molar-refractivity contribution in [3.05, 3.63) is 33.8 Å². The quantitative estimate of drug-likeness (QED) is 0.344. The van der Waals surface area contributed by atoms with Crippen LogP contribution in [-0.2, 0) is 0 Å². The molecule has 7 heteroatoms. The number of carbonyl (C=O) groups is 1. The van der Waals surface area contributed by atoms with Gasteiger partial charge in [-0.2, -0.15) is 0 Å². The first-order valence-electron chi connectivity index (χ1n) is 5.16. The molecule has 1 amide bonds. The van der Waals surface area contributed by atoms with Crippen molar-refractivity contribution in [1.29, 1.82) is 0 Å². The molecule has 18 heavy (non-hydrogen) atoms. The molecule has 1 unspecified atom stereocenters. The van der Waals surface area contributed by atoms with E-state index < -0.39 is 0 Å². The Morgan fingerprint density at radius 2 is 2.22 bits per heavy atom. The second-order valence-corrected chi connectivity index (χ2v) is 4.64. The van der Waals surface area contributed by atoms with Crippen LogP contribution < -0.4 is 11.1 Å². The summed E-state index contributed by atoms with van der Waals surface area (Å²) in [5.74, 6) is -0.319. The van der Waals surface area contributed by atoms with Crippen LogP contribution in [0.5, 0.6) is 0 Å². The van der Waals surface area contributed by atoms with E-state index >= 15 is 0 Å². The van der Waals surface area contributed by atoms with Crippen LogP contribution in [-0.4, -0.2) is 23.0 Å². The number of carbonyl (C=O) groups excluding carboxylic acids is 1. The van der Waals surface area contributed by atoms with Gasteiger partial charge in [-0.05, 0) is 25.1 Å². The average Bonchev–Trinajstić information content (AvgIpc) is 2.31. The highest BCUT2D eigenvalue weighted by atomic mass is 35.5. The lowest BCUT2D eigenvalue weighted by Gasteiger charge is -2.13. The minimum absolute atomic E-state index is 0.0417. The van der Waals surface area contributed by atoms with E-state index in [0.29, 0.717) is 10.0 Å². The van der Waals surface area contributed by atoms with Crippen molar-refractivity contribution >= 4 is 34.9 Å². The van der Waals surface area contributed by atoms with Gasteiger partial charge in [-0.1, -0.05) is 28.4 Å². The third-order valence-corrected chi connectivity index (χ3v) is 2.76. The number of halogens is 2. The van der Waals surface area contributed by atoms with Crippen molar-refractivity contribution in [2.75, 3.05) is 0 Å². The summed E-state index contributed by atoms with van der Waals surface area (Å²) in [6, 6.07) is 4.34. The van der Waals surface area contributed by atoms with Gasteiger partial charge in [-0.25, -0.2) is 0 Å². The van der Waals surface area contributed by atoms with E-state index in [4.69, 9.17) is 34.1 Å². The number of nitrogens with two attached hydrogens (primary N) is 1. The number of amides is 1. The molecule has 0 saturated carbocycles. The van der Waals surface area contributed by atoms with Gasteiger partial charge in [0.25, 0.3) is 5.91 Å². The minimum atomic E-state index is -0.360. The maximum Gasteiger partial charge on any atom is 0.253 e. The molecule has 0 aliphatic heterocycles. The second-order valence-electron chi connectivity index (χ2n) is 3.79. The summed E-state index contributed by atoms with van der Waals surface area (Å²) >= 11 is 11.7. The van der Waals surface area contributed by atoms with Crippen LogP contribution >= 0.6 is 23.2 Å². The zero-order chi connectivity index (χ0) is 13.7. The highest BCUT2D eigenvalue weighted by molar-refractivity contribution is 6.35. The third-order valence-electron chi connectivity index (χ3n) is 2.19. The van der Waals surface area contributed by atoms with Crippen LogP contribution in [0.25, 0.3) is 0 Å². The van der Waals surface area contributed by atoms with E-state index in [1.807, 2.05) is 0 Å². The van der Waals surface area contributed by atoms with Gasteiger partial charge in [0.1, 0.15) is 5.84 Å². The zero-order valence-corrected chi connectivity index (χ0v) is 11.2. The number of benzene rings is 1. The van der Waals surface area contributed by atoms with Gasteiger partial charge >= 0.3 is 0 Å². The Bertz CT molecular complexity index is 477. The summed E-state index contributed by atoms with van der Waals surface area (Å²) in [6.07, 6.45) is 0.237. The minimum Gasteiger partial charge on any atom is -0.409 e.